The Balaban J connectivity index is 2.19. The minimum atomic E-state index is -0.308. The molecule has 0 saturated carbocycles. The topological polar surface area (TPSA) is 59.9 Å². The lowest BCUT2D eigenvalue weighted by Gasteiger charge is -2.08. The second kappa shape index (κ2) is 6.47. The fraction of sp³-hybridized carbons (Fsp3) is 0.308. The van der Waals surface area contributed by atoms with Crippen LogP contribution in [0.5, 0.6) is 6.01 Å². The summed E-state index contributed by atoms with van der Waals surface area (Å²) in [6, 6.07) is 4.89. The molecule has 2 rings (SSSR count). The van der Waals surface area contributed by atoms with Crippen molar-refractivity contribution in [3.05, 3.63) is 34.9 Å². The Morgan fingerprint density at radius 2 is 2.10 bits per heavy atom. The first-order chi connectivity index (χ1) is 9.58. The molecule has 106 valence electrons. The molecule has 0 amide bonds. The fourth-order valence-corrected chi connectivity index (χ4v) is 1.60. The van der Waals surface area contributed by atoms with Crippen LogP contribution in [0.3, 0.4) is 0 Å². The van der Waals surface area contributed by atoms with Crippen LogP contribution >= 0.6 is 11.6 Å². The predicted molar refractivity (Wildman–Crippen MR) is 75.0 cm³/mol. The molecular formula is C13H14ClFN4O. The number of nitrogens with one attached hydrogen (secondary N) is 1. The van der Waals surface area contributed by atoms with Gasteiger partial charge in [-0.3, -0.25) is 0 Å². The maximum atomic E-state index is 13.5. The summed E-state index contributed by atoms with van der Waals surface area (Å²) in [5.41, 5.74) is 1.09. The highest BCUT2D eigenvalue weighted by molar-refractivity contribution is 6.28. The minimum Gasteiger partial charge on any atom is -0.463 e. The molecule has 0 aliphatic heterocycles. The van der Waals surface area contributed by atoms with Gasteiger partial charge in [0.2, 0.25) is 11.2 Å². The van der Waals surface area contributed by atoms with E-state index in [2.05, 4.69) is 20.3 Å². The first kappa shape index (κ1) is 14.5. The fourth-order valence-electron chi connectivity index (χ4n) is 1.45. The number of rotatable bonds is 5. The monoisotopic (exact) mass is 296 g/mol. The molecular weight excluding hydrogens is 283 g/mol. The molecule has 1 N–H and O–H groups in total. The summed E-state index contributed by atoms with van der Waals surface area (Å²) >= 11 is 5.80. The van der Waals surface area contributed by atoms with Crippen molar-refractivity contribution in [2.45, 2.75) is 20.3 Å². The van der Waals surface area contributed by atoms with Crippen LogP contribution in [-0.4, -0.2) is 21.6 Å². The largest absolute Gasteiger partial charge is 0.463 e. The van der Waals surface area contributed by atoms with Gasteiger partial charge in [-0.15, -0.1) is 0 Å². The van der Waals surface area contributed by atoms with E-state index in [0.29, 0.717) is 17.9 Å². The quantitative estimate of drug-likeness (QED) is 0.915. The van der Waals surface area contributed by atoms with E-state index in [1.165, 1.54) is 6.07 Å². The van der Waals surface area contributed by atoms with Crippen molar-refractivity contribution in [1.29, 1.82) is 0 Å². The number of hydrogen-bond acceptors (Lipinski definition) is 5. The van der Waals surface area contributed by atoms with Crippen molar-refractivity contribution in [3.63, 3.8) is 0 Å². The minimum absolute atomic E-state index is 0.0150. The molecule has 0 radical (unpaired) electrons. The zero-order valence-electron chi connectivity index (χ0n) is 11.2. The molecule has 0 unspecified atom stereocenters. The Bertz CT molecular complexity index is 609. The molecule has 0 bridgehead atoms. The Morgan fingerprint density at radius 3 is 2.80 bits per heavy atom. The third-order valence-electron chi connectivity index (χ3n) is 2.45. The molecule has 0 saturated heterocycles. The standard InChI is InChI=1S/C13H14ClFN4O/c1-3-6-20-13-18-11(14)17-12(19-13)16-9-5-4-8(2)10(15)7-9/h4-5,7H,3,6H2,1-2H3,(H,16,17,18,19). The summed E-state index contributed by atoms with van der Waals surface area (Å²) in [5, 5.41) is 2.88. The molecule has 0 atom stereocenters. The number of anilines is 2. The number of halogens is 2. The summed E-state index contributed by atoms with van der Waals surface area (Å²) in [5.74, 6) is -0.100. The number of aryl methyl sites for hydroxylation is 1. The number of hydrogen-bond donors (Lipinski definition) is 1. The summed E-state index contributed by atoms with van der Waals surface area (Å²) in [7, 11) is 0. The first-order valence-electron chi connectivity index (χ1n) is 6.16. The lowest BCUT2D eigenvalue weighted by Crippen LogP contribution is -2.05. The molecule has 20 heavy (non-hydrogen) atoms. The lowest BCUT2D eigenvalue weighted by molar-refractivity contribution is 0.292. The lowest BCUT2D eigenvalue weighted by atomic mass is 10.2. The molecule has 0 aliphatic rings. The molecule has 1 heterocycles. The maximum absolute atomic E-state index is 13.5. The maximum Gasteiger partial charge on any atom is 0.322 e. The number of benzene rings is 1. The smallest absolute Gasteiger partial charge is 0.322 e. The molecule has 0 spiro atoms. The van der Waals surface area contributed by atoms with E-state index in [0.717, 1.165) is 6.42 Å². The molecule has 1 aromatic carbocycles. The predicted octanol–water partition coefficient (Wildman–Crippen LogP) is 3.50. The van der Waals surface area contributed by atoms with Gasteiger partial charge in [0, 0.05) is 5.69 Å². The van der Waals surface area contributed by atoms with Gasteiger partial charge in [-0.2, -0.15) is 15.0 Å². The molecule has 0 fully saturated rings. The third-order valence-corrected chi connectivity index (χ3v) is 2.62. The molecule has 5 nitrogen and oxygen atoms in total. The van der Waals surface area contributed by atoms with Gasteiger partial charge in [-0.25, -0.2) is 4.39 Å². The van der Waals surface area contributed by atoms with E-state index >= 15 is 0 Å². The molecule has 0 aliphatic carbocycles. The van der Waals surface area contributed by atoms with Gasteiger partial charge < -0.3 is 10.1 Å². The van der Waals surface area contributed by atoms with Gasteiger partial charge in [0.1, 0.15) is 5.82 Å². The van der Waals surface area contributed by atoms with Gasteiger partial charge in [-0.1, -0.05) is 13.0 Å². The first-order valence-corrected chi connectivity index (χ1v) is 6.54. The summed E-state index contributed by atoms with van der Waals surface area (Å²) < 4.78 is 18.8. The normalized spacial score (nSPS) is 10.4. The summed E-state index contributed by atoms with van der Waals surface area (Å²) in [6.45, 7) is 4.14. The number of aromatic nitrogens is 3. The van der Waals surface area contributed by atoms with Crippen LogP contribution < -0.4 is 10.1 Å². The van der Waals surface area contributed by atoms with Crippen LogP contribution in [0.25, 0.3) is 0 Å². The second-order valence-electron chi connectivity index (χ2n) is 4.15. The van der Waals surface area contributed by atoms with Gasteiger partial charge in [-0.05, 0) is 42.6 Å². The Morgan fingerprint density at radius 1 is 1.30 bits per heavy atom. The van der Waals surface area contributed by atoms with Gasteiger partial charge in [0.05, 0.1) is 6.61 Å². The zero-order valence-corrected chi connectivity index (χ0v) is 11.9. The highest BCUT2D eigenvalue weighted by atomic mass is 35.5. The van der Waals surface area contributed by atoms with Crippen molar-refractivity contribution in [1.82, 2.24) is 15.0 Å². The van der Waals surface area contributed by atoms with Gasteiger partial charge in [0.25, 0.3) is 0 Å². The zero-order chi connectivity index (χ0) is 14.5. The van der Waals surface area contributed by atoms with Gasteiger partial charge in [0.15, 0.2) is 0 Å². The number of ether oxygens (including phenoxy) is 1. The van der Waals surface area contributed by atoms with E-state index in [1.807, 2.05) is 6.92 Å². The Hall–Kier alpha value is -1.95. The Labute approximate surface area is 121 Å². The van der Waals surface area contributed by atoms with Crippen LogP contribution in [0.2, 0.25) is 5.28 Å². The van der Waals surface area contributed by atoms with E-state index in [-0.39, 0.29) is 23.1 Å². The second-order valence-corrected chi connectivity index (χ2v) is 4.49. The van der Waals surface area contributed by atoms with Crippen molar-refractivity contribution >= 4 is 23.2 Å². The average Bonchev–Trinajstić information content (AvgIpc) is 2.40. The van der Waals surface area contributed by atoms with Gasteiger partial charge >= 0.3 is 6.01 Å². The molecule has 1 aromatic heterocycles. The van der Waals surface area contributed by atoms with Crippen LogP contribution in [0, 0.1) is 12.7 Å². The molecule has 7 heteroatoms. The highest BCUT2D eigenvalue weighted by Gasteiger charge is 2.07. The van der Waals surface area contributed by atoms with Crippen LogP contribution in [0.1, 0.15) is 18.9 Å². The van der Waals surface area contributed by atoms with E-state index in [9.17, 15) is 4.39 Å². The molecule has 2 aromatic rings. The van der Waals surface area contributed by atoms with E-state index < -0.39 is 0 Å². The SMILES string of the molecule is CCCOc1nc(Cl)nc(Nc2ccc(C)c(F)c2)n1. The highest BCUT2D eigenvalue weighted by Crippen LogP contribution is 2.19. The third kappa shape index (κ3) is 3.77. The van der Waals surface area contributed by atoms with Crippen molar-refractivity contribution in [2.24, 2.45) is 0 Å². The van der Waals surface area contributed by atoms with Crippen molar-refractivity contribution < 1.29 is 9.13 Å². The van der Waals surface area contributed by atoms with Crippen LogP contribution in [-0.2, 0) is 0 Å². The van der Waals surface area contributed by atoms with Crippen LogP contribution in [0.4, 0.5) is 16.0 Å². The van der Waals surface area contributed by atoms with Crippen LogP contribution in [0.15, 0.2) is 18.2 Å². The summed E-state index contributed by atoms with van der Waals surface area (Å²) in [4.78, 5) is 11.8. The van der Waals surface area contributed by atoms with Crippen molar-refractivity contribution in [3.8, 4) is 6.01 Å². The Kier molecular flexibility index (Phi) is 4.68. The van der Waals surface area contributed by atoms with E-state index in [4.69, 9.17) is 16.3 Å². The van der Waals surface area contributed by atoms with E-state index in [1.54, 1.807) is 19.1 Å². The summed E-state index contributed by atoms with van der Waals surface area (Å²) in [6.07, 6.45) is 0.829. The number of nitrogens with zero attached hydrogens (tertiary/aromatic N) is 3. The average molecular weight is 297 g/mol. The van der Waals surface area contributed by atoms with Crippen molar-refractivity contribution in [2.75, 3.05) is 11.9 Å².